The van der Waals surface area contributed by atoms with Crippen LogP contribution in [0.2, 0.25) is 0 Å². The normalized spacial score (nSPS) is 14.3. The molecule has 0 heterocycles. The third-order valence-electron chi connectivity index (χ3n) is 1.64. The molecule has 0 saturated heterocycles. The number of rotatable bonds is 7. The molecule has 0 aliphatic heterocycles. The minimum absolute atomic E-state index is 0.0856. The topological polar surface area (TPSA) is 29.1 Å². The molecular weight excluding hydrogens is 215 g/mol. The van der Waals surface area contributed by atoms with Crippen molar-refractivity contribution in [2.24, 2.45) is 0 Å². The van der Waals surface area contributed by atoms with Gasteiger partial charge in [-0.05, 0) is 13.0 Å². The number of halogens is 3. The van der Waals surface area contributed by atoms with Gasteiger partial charge in [0.2, 0.25) is 0 Å². The molecule has 0 saturated carbocycles. The zero-order chi connectivity index (χ0) is 11.0. The van der Waals surface area contributed by atoms with Crippen LogP contribution in [-0.2, 0) is 10.8 Å². The van der Waals surface area contributed by atoms with E-state index >= 15 is 0 Å². The van der Waals surface area contributed by atoms with Crippen molar-refractivity contribution in [2.45, 2.75) is 25.9 Å². The SMILES string of the molecule is CCS(=O)CCNCCCC(F)(F)F. The Morgan fingerprint density at radius 3 is 2.43 bits per heavy atom. The second kappa shape index (κ2) is 7.23. The smallest absolute Gasteiger partial charge is 0.316 e. The minimum Gasteiger partial charge on any atom is -0.316 e. The Bertz CT molecular complexity index is 172. The maximum absolute atomic E-state index is 11.7. The lowest BCUT2D eigenvalue weighted by atomic mass is 10.3. The van der Waals surface area contributed by atoms with Crippen LogP contribution in [0.25, 0.3) is 0 Å². The predicted octanol–water partition coefficient (Wildman–Crippen LogP) is 1.69. The van der Waals surface area contributed by atoms with Gasteiger partial charge in [-0.2, -0.15) is 13.2 Å². The Kier molecular flexibility index (Phi) is 7.17. The molecule has 2 nitrogen and oxygen atoms in total. The quantitative estimate of drug-likeness (QED) is 0.675. The highest BCUT2D eigenvalue weighted by molar-refractivity contribution is 7.84. The zero-order valence-electron chi connectivity index (χ0n) is 8.19. The standard InChI is InChI=1S/C8H16F3NOS/c1-2-14(13)7-6-12-5-3-4-8(9,10)11/h12H,2-7H2,1H3. The summed E-state index contributed by atoms with van der Waals surface area (Å²) in [6.45, 7) is 2.68. The minimum atomic E-state index is -4.06. The number of hydrogen-bond acceptors (Lipinski definition) is 2. The first kappa shape index (κ1) is 13.9. The van der Waals surface area contributed by atoms with Gasteiger partial charge in [0.25, 0.3) is 0 Å². The van der Waals surface area contributed by atoms with Crippen LogP contribution in [-0.4, -0.2) is 35.0 Å². The van der Waals surface area contributed by atoms with Crippen LogP contribution in [0.5, 0.6) is 0 Å². The number of alkyl halides is 3. The molecule has 0 aromatic carbocycles. The van der Waals surface area contributed by atoms with Crippen molar-refractivity contribution < 1.29 is 17.4 Å². The van der Waals surface area contributed by atoms with Gasteiger partial charge in [0.15, 0.2) is 0 Å². The molecule has 14 heavy (non-hydrogen) atoms. The van der Waals surface area contributed by atoms with E-state index in [2.05, 4.69) is 5.32 Å². The number of nitrogens with one attached hydrogen (secondary N) is 1. The maximum Gasteiger partial charge on any atom is 0.389 e. The van der Waals surface area contributed by atoms with Crippen molar-refractivity contribution in [2.75, 3.05) is 24.6 Å². The first-order chi connectivity index (χ1) is 6.45. The molecule has 0 aliphatic rings. The van der Waals surface area contributed by atoms with Crippen molar-refractivity contribution in [3.8, 4) is 0 Å². The van der Waals surface area contributed by atoms with Crippen molar-refractivity contribution in [3.63, 3.8) is 0 Å². The first-order valence-corrected chi connectivity index (χ1v) is 6.07. The maximum atomic E-state index is 11.7. The van der Waals surface area contributed by atoms with E-state index in [-0.39, 0.29) is 6.42 Å². The van der Waals surface area contributed by atoms with Crippen LogP contribution < -0.4 is 5.32 Å². The van der Waals surface area contributed by atoms with Crippen molar-refractivity contribution in [1.29, 1.82) is 0 Å². The van der Waals surface area contributed by atoms with Crippen molar-refractivity contribution in [1.82, 2.24) is 5.32 Å². The van der Waals surface area contributed by atoms with E-state index in [1.807, 2.05) is 6.92 Å². The van der Waals surface area contributed by atoms with Crippen LogP contribution in [0, 0.1) is 0 Å². The molecule has 0 aromatic rings. The average molecular weight is 231 g/mol. The van der Waals surface area contributed by atoms with Gasteiger partial charge in [-0.15, -0.1) is 0 Å². The summed E-state index contributed by atoms with van der Waals surface area (Å²) in [7, 11) is -0.834. The van der Waals surface area contributed by atoms with Crippen molar-refractivity contribution in [3.05, 3.63) is 0 Å². The highest BCUT2D eigenvalue weighted by Crippen LogP contribution is 2.20. The highest BCUT2D eigenvalue weighted by Gasteiger charge is 2.25. The fourth-order valence-corrected chi connectivity index (χ4v) is 1.53. The van der Waals surface area contributed by atoms with Crippen LogP contribution in [0.1, 0.15) is 19.8 Å². The van der Waals surface area contributed by atoms with E-state index in [9.17, 15) is 17.4 Å². The largest absolute Gasteiger partial charge is 0.389 e. The summed E-state index contributed by atoms with van der Waals surface area (Å²) < 4.78 is 45.9. The van der Waals surface area contributed by atoms with Gasteiger partial charge >= 0.3 is 6.18 Å². The average Bonchev–Trinajstić information content (AvgIpc) is 2.08. The Balaban J connectivity index is 3.18. The van der Waals surface area contributed by atoms with E-state index in [1.54, 1.807) is 0 Å². The molecular formula is C8H16F3NOS. The van der Waals surface area contributed by atoms with Gasteiger partial charge in [-0.3, -0.25) is 4.21 Å². The molecule has 1 N–H and O–H groups in total. The fourth-order valence-electron chi connectivity index (χ4n) is 0.869. The van der Waals surface area contributed by atoms with Gasteiger partial charge in [0.1, 0.15) is 0 Å². The third kappa shape index (κ3) is 9.98. The lowest BCUT2D eigenvalue weighted by Gasteiger charge is -2.06. The first-order valence-electron chi connectivity index (χ1n) is 4.58. The second-order valence-electron chi connectivity index (χ2n) is 2.90. The molecule has 0 spiro atoms. The Labute approximate surface area is 84.7 Å². The van der Waals surface area contributed by atoms with E-state index in [0.29, 0.717) is 24.6 Å². The van der Waals surface area contributed by atoms with E-state index < -0.39 is 23.4 Å². The summed E-state index contributed by atoms with van der Waals surface area (Å²) in [4.78, 5) is 0. The predicted molar refractivity (Wildman–Crippen MR) is 51.7 cm³/mol. The summed E-state index contributed by atoms with van der Waals surface area (Å²) >= 11 is 0. The Hall–Kier alpha value is -0.100. The molecule has 1 unspecified atom stereocenters. The summed E-state index contributed by atoms with van der Waals surface area (Å²) in [6, 6.07) is 0. The van der Waals surface area contributed by atoms with Crippen LogP contribution in [0.4, 0.5) is 13.2 Å². The third-order valence-corrected chi connectivity index (χ3v) is 2.95. The monoisotopic (exact) mass is 231 g/mol. The summed E-state index contributed by atoms with van der Waals surface area (Å²) in [6.07, 6.45) is -4.73. The zero-order valence-corrected chi connectivity index (χ0v) is 9.01. The number of hydrogen-bond donors (Lipinski definition) is 1. The van der Waals surface area contributed by atoms with E-state index in [4.69, 9.17) is 0 Å². The van der Waals surface area contributed by atoms with Gasteiger partial charge in [-0.1, -0.05) is 6.92 Å². The molecule has 1 atom stereocenters. The van der Waals surface area contributed by atoms with Crippen LogP contribution in [0.3, 0.4) is 0 Å². The summed E-state index contributed by atoms with van der Waals surface area (Å²) in [5, 5.41) is 2.83. The van der Waals surface area contributed by atoms with Gasteiger partial charge in [0.05, 0.1) is 0 Å². The van der Waals surface area contributed by atoms with Gasteiger partial charge in [0, 0.05) is 35.3 Å². The summed E-state index contributed by atoms with van der Waals surface area (Å²) in [5.74, 6) is 1.12. The van der Waals surface area contributed by atoms with E-state index in [1.165, 1.54) is 0 Å². The molecule has 0 radical (unpaired) electrons. The fraction of sp³-hybridized carbons (Fsp3) is 1.00. The van der Waals surface area contributed by atoms with Gasteiger partial charge < -0.3 is 5.32 Å². The molecule has 0 aromatic heterocycles. The molecule has 0 fully saturated rings. The second-order valence-corrected chi connectivity index (χ2v) is 4.77. The lowest BCUT2D eigenvalue weighted by Crippen LogP contribution is -2.23. The van der Waals surface area contributed by atoms with E-state index in [0.717, 1.165) is 0 Å². The molecule has 0 aliphatic carbocycles. The molecule has 0 amide bonds. The lowest BCUT2D eigenvalue weighted by molar-refractivity contribution is -0.135. The van der Waals surface area contributed by atoms with Crippen molar-refractivity contribution >= 4 is 10.8 Å². The summed E-state index contributed by atoms with van der Waals surface area (Å²) in [5.41, 5.74) is 0. The Morgan fingerprint density at radius 1 is 1.29 bits per heavy atom. The molecule has 6 heteroatoms. The molecule has 0 bridgehead atoms. The Morgan fingerprint density at radius 2 is 1.93 bits per heavy atom. The van der Waals surface area contributed by atoms with Crippen LogP contribution in [0.15, 0.2) is 0 Å². The van der Waals surface area contributed by atoms with Crippen LogP contribution >= 0.6 is 0 Å². The van der Waals surface area contributed by atoms with Gasteiger partial charge in [-0.25, -0.2) is 0 Å². The molecule has 86 valence electrons. The molecule has 0 rings (SSSR count). The highest BCUT2D eigenvalue weighted by atomic mass is 32.2.